The lowest BCUT2D eigenvalue weighted by Crippen LogP contribution is -2.23. The van der Waals surface area contributed by atoms with Crippen LogP contribution in [0.2, 0.25) is 5.02 Å². The molecule has 1 amide bonds. The number of aryl methyl sites for hydroxylation is 1. The molecule has 0 aliphatic carbocycles. The molecule has 1 heterocycles. The lowest BCUT2D eigenvalue weighted by Gasteiger charge is -2.08. The zero-order valence-electron chi connectivity index (χ0n) is 13.9. The Labute approximate surface area is 155 Å². The van der Waals surface area contributed by atoms with Crippen molar-refractivity contribution in [1.82, 2.24) is 4.90 Å². The van der Waals surface area contributed by atoms with E-state index in [1.807, 2.05) is 24.3 Å². The summed E-state index contributed by atoms with van der Waals surface area (Å²) in [5, 5.41) is 11.1. The molecular weight excluding hydrogens is 356 g/mol. The maximum absolute atomic E-state index is 12.5. The van der Waals surface area contributed by atoms with Gasteiger partial charge in [0.05, 0.1) is 10.6 Å². The van der Waals surface area contributed by atoms with E-state index < -0.39 is 0 Å². The molecule has 0 bridgehead atoms. The van der Waals surface area contributed by atoms with Crippen LogP contribution in [0.1, 0.15) is 18.1 Å². The van der Waals surface area contributed by atoms with Gasteiger partial charge >= 0.3 is 0 Å². The minimum atomic E-state index is -0.155. The minimum absolute atomic E-state index is 0.0784. The molecule has 0 atom stereocenters. The molecule has 1 saturated heterocycles. The van der Waals surface area contributed by atoms with Crippen molar-refractivity contribution in [1.29, 1.82) is 0 Å². The molecule has 1 aliphatic heterocycles. The summed E-state index contributed by atoms with van der Waals surface area (Å²) in [7, 11) is 1.70. The Balaban J connectivity index is 1.96. The number of phenolic OH excluding ortho intramolecular Hbond substituents is 1. The van der Waals surface area contributed by atoms with Crippen LogP contribution < -0.4 is 0 Å². The number of hydrogen-bond acceptors (Lipinski definition) is 4. The molecule has 0 saturated carbocycles. The van der Waals surface area contributed by atoms with E-state index in [2.05, 4.69) is 11.9 Å². The molecule has 0 aromatic heterocycles. The van der Waals surface area contributed by atoms with E-state index in [-0.39, 0.29) is 11.7 Å². The Morgan fingerprint density at radius 3 is 2.80 bits per heavy atom. The van der Waals surface area contributed by atoms with Crippen molar-refractivity contribution in [3.8, 4) is 5.75 Å². The van der Waals surface area contributed by atoms with Crippen LogP contribution in [-0.2, 0) is 11.2 Å². The van der Waals surface area contributed by atoms with E-state index >= 15 is 0 Å². The Morgan fingerprint density at radius 1 is 1.28 bits per heavy atom. The summed E-state index contributed by atoms with van der Waals surface area (Å²) in [4.78, 5) is 19.2. The Hall–Kier alpha value is -2.24. The minimum Gasteiger partial charge on any atom is -0.507 e. The molecule has 1 N–H and O–H groups in total. The number of likely N-dealkylation sites (N-methyl/N-ethyl adjacent to an activating group) is 1. The van der Waals surface area contributed by atoms with E-state index in [9.17, 15) is 9.90 Å². The summed E-state index contributed by atoms with van der Waals surface area (Å²) in [6.45, 7) is 2.07. The third kappa shape index (κ3) is 3.72. The number of thioether (sulfide) groups is 1. The highest BCUT2D eigenvalue weighted by Crippen LogP contribution is 2.35. The summed E-state index contributed by atoms with van der Waals surface area (Å²) < 4.78 is 0. The summed E-state index contributed by atoms with van der Waals surface area (Å²) in [5.41, 5.74) is 2.49. The van der Waals surface area contributed by atoms with E-state index in [1.165, 1.54) is 22.7 Å². The number of para-hydroxylation sites is 1. The van der Waals surface area contributed by atoms with Gasteiger partial charge in [-0.15, -0.1) is 0 Å². The fraction of sp³-hybridized carbons (Fsp3) is 0.158. The first-order chi connectivity index (χ1) is 12.0. The normalized spacial score (nSPS) is 17.7. The van der Waals surface area contributed by atoms with Crippen LogP contribution in [0.5, 0.6) is 5.75 Å². The Bertz CT molecular complexity index is 893. The van der Waals surface area contributed by atoms with Gasteiger partial charge in [0.1, 0.15) is 5.75 Å². The van der Waals surface area contributed by atoms with Gasteiger partial charge < -0.3 is 5.11 Å². The van der Waals surface area contributed by atoms with E-state index in [0.717, 1.165) is 17.7 Å². The maximum Gasteiger partial charge on any atom is 0.266 e. The number of aromatic hydroxyl groups is 1. The van der Waals surface area contributed by atoms with Crippen molar-refractivity contribution < 1.29 is 9.90 Å². The van der Waals surface area contributed by atoms with E-state index in [1.54, 1.807) is 25.3 Å². The van der Waals surface area contributed by atoms with Gasteiger partial charge in [0.15, 0.2) is 5.17 Å². The maximum atomic E-state index is 12.5. The lowest BCUT2D eigenvalue weighted by atomic mass is 10.1. The van der Waals surface area contributed by atoms with Crippen LogP contribution >= 0.6 is 23.4 Å². The highest BCUT2D eigenvalue weighted by molar-refractivity contribution is 8.18. The smallest absolute Gasteiger partial charge is 0.266 e. The monoisotopic (exact) mass is 372 g/mol. The quantitative estimate of drug-likeness (QED) is 0.784. The molecule has 2 aromatic carbocycles. The largest absolute Gasteiger partial charge is 0.507 e. The van der Waals surface area contributed by atoms with Crippen LogP contribution in [0.25, 0.3) is 6.08 Å². The van der Waals surface area contributed by atoms with Gasteiger partial charge in [-0.25, -0.2) is 4.99 Å². The lowest BCUT2D eigenvalue weighted by molar-refractivity contribution is -0.121. The third-order valence-electron chi connectivity index (χ3n) is 3.87. The SMILES string of the molecule is CCc1ccccc1N=C1S/C(=C/c2cc(Cl)ccc2O)C(=O)N1C. The van der Waals surface area contributed by atoms with Crippen molar-refractivity contribution >= 4 is 46.2 Å². The number of halogens is 1. The predicted octanol–water partition coefficient (Wildman–Crippen LogP) is 4.84. The molecule has 2 aromatic rings. The summed E-state index contributed by atoms with van der Waals surface area (Å²) in [6, 6.07) is 12.6. The van der Waals surface area contributed by atoms with Crippen LogP contribution in [0.4, 0.5) is 5.69 Å². The number of amides is 1. The van der Waals surface area contributed by atoms with Crippen molar-refractivity contribution in [3.05, 3.63) is 63.5 Å². The molecule has 0 unspecified atom stereocenters. The highest BCUT2D eigenvalue weighted by atomic mass is 35.5. The van der Waals surface area contributed by atoms with Gasteiger partial charge in [0.25, 0.3) is 5.91 Å². The third-order valence-corrected chi connectivity index (χ3v) is 5.16. The van der Waals surface area contributed by atoms with Crippen LogP contribution in [0, 0.1) is 0 Å². The molecule has 3 rings (SSSR count). The van der Waals surface area contributed by atoms with E-state index in [4.69, 9.17) is 11.6 Å². The fourth-order valence-electron chi connectivity index (χ4n) is 2.46. The molecule has 1 fully saturated rings. The van der Waals surface area contributed by atoms with Gasteiger partial charge in [-0.3, -0.25) is 9.69 Å². The van der Waals surface area contributed by atoms with Crippen molar-refractivity contribution in [2.24, 2.45) is 4.99 Å². The van der Waals surface area contributed by atoms with Crippen molar-refractivity contribution in [3.63, 3.8) is 0 Å². The predicted molar refractivity (Wildman–Crippen MR) is 104 cm³/mol. The average Bonchev–Trinajstić information content (AvgIpc) is 2.87. The number of carbonyl (C=O) groups is 1. The van der Waals surface area contributed by atoms with Gasteiger partial charge in [-0.1, -0.05) is 36.7 Å². The number of rotatable bonds is 3. The molecular formula is C19H17ClN2O2S. The second-order valence-electron chi connectivity index (χ2n) is 5.55. The molecule has 0 spiro atoms. The topological polar surface area (TPSA) is 52.9 Å². The molecule has 1 aliphatic rings. The highest BCUT2D eigenvalue weighted by Gasteiger charge is 2.30. The van der Waals surface area contributed by atoms with Crippen LogP contribution in [-0.4, -0.2) is 28.1 Å². The fourth-order valence-corrected chi connectivity index (χ4v) is 3.61. The standard InChI is InChI=1S/C19H17ClN2O2S/c1-3-12-6-4-5-7-15(12)21-19-22(2)18(24)17(25-19)11-13-10-14(20)8-9-16(13)23/h4-11,23H,3H2,1-2H3/b17-11+,21-19?. The van der Waals surface area contributed by atoms with Crippen LogP contribution in [0.3, 0.4) is 0 Å². The van der Waals surface area contributed by atoms with Gasteiger partial charge in [0.2, 0.25) is 0 Å². The number of nitrogens with zero attached hydrogens (tertiary/aromatic N) is 2. The average molecular weight is 373 g/mol. The molecule has 25 heavy (non-hydrogen) atoms. The number of carbonyl (C=O) groups excluding carboxylic acids is 1. The first-order valence-corrected chi connectivity index (χ1v) is 9.01. The number of aliphatic imine (C=N–C) groups is 1. The first-order valence-electron chi connectivity index (χ1n) is 7.82. The zero-order chi connectivity index (χ0) is 18.0. The second kappa shape index (κ2) is 7.33. The zero-order valence-corrected chi connectivity index (χ0v) is 15.4. The summed E-state index contributed by atoms with van der Waals surface area (Å²) >= 11 is 7.25. The van der Waals surface area contributed by atoms with E-state index in [0.29, 0.717) is 20.7 Å². The van der Waals surface area contributed by atoms with Crippen molar-refractivity contribution in [2.75, 3.05) is 7.05 Å². The van der Waals surface area contributed by atoms with Gasteiger partial charge in [-0.2, -0.15) is 0 Å². The Morgan fingerprint density at radius 2 is 2.04 bits per heavy atom. The number of phenols is 1. The number of hydrogen-bond donors (Lipinski definition) is 1. The van der Waals surface area contributed by atoms with Crippen LogP contribution in [0.15, 0.2) is 52.4 Å². The molecule has 4 nitrogen and oxygen atoms in total. The van der Waals surface area contributed by atoms with Gasteiger partial charge in [0, 0.05) is 17.6 Å². The molecule has 0 radical (unpaired) electrons. The second-order valence-corrected chi connectivity index (χ2v) is 7.00. The summed E-state index contributed by atoms with van der Waals surface area (Å²) in [5.74, 6) is -0.0771. The van der Waals surface area contributed by atoms with Crippen molar-refractivity contribution in [2.45, 2.75) is 13.3 Å². The number of amidine groups is 1. The number of benzene rings is 2. The van der Waals surface area contributed by atoms with Gasteiger partial charge in [-0.05, 0) is 54.1 Å². The molecule has 128 valence electrons. The first kappa shape index (κ1) is 17.6. The summed E-state index contributed by atoms with van der Waals surface area (Å²) in [6.07, 6.45) is 2.51. The molecule has 6 heteroatoms. The Kier molecular flexibility index (Phi) is 5.16.